The SMILES string of the molecule is COc1ccc(CCC2(O)CCCNC2)cc1. The van der Waals surface area contributed by atoms with Crippen molar-refractivity contribution in [2.24, 2.45) is 0 Å². The van der Waals surface area contributed by atoms with Crippen molar-refractivity contribution in [1.29, 1.82) is 0 Å². The molecule has 0 spiro atoms. The highest BCUT2D eigenvalue weighted by Gasteiger charge is 2.28. The third kappa shape index (κ3) is 3.45. The summed E-state index contributed by atoms with van der Waals surface area (Å²) in [5.74, 6) is 0.881. The summed E-state index contributed by atoms with van der Waals surface area (Å²) < 4.78 is 5.12. The van der Waals surface area contributed by atoms with Gasteiger partial charge in [0.05, 0.1) is 12.7 Å². The number of β-amino-alcohol motifs (C(OH)–C–C–N with tert-alkyl or cyclic N) is 1. The summed E-state index contributed by atoms with van der Waals surface area (Å²) in [6, 6.07) is 8.08. The van der Waals surface area contributed by atoms with E-state index in [0.29, 0.717) is 0 Å². The lowest BCUT2D eigenvalue weighted by Crippen LogP contribution is -2.45. The van der Waals surface area contributed by atoms with Crippen molar-refractivity contribution in [2.45, 2.75) is 31.3 Å². The van der Waals surface area contributed by atoms with E-state index in [9.17, 15) is 5.11 Å². The molecular weight excluding hydrogens is 214 g/mol. The Balaban J connectivity index is 1.87. The average molecular weight is 235 g/mol. The molecule has 94 valence electrons. The van der Waals surface area contributed by atoms with E-state index in [4.69, 9.17) is 4.74 Å². The zero-order valence-corrected chi connectivity index (χ0v) is 10.4. The van der Waals surface area contributed by atoms with E-state index in [2.05, 4.69) is 17.4 Å². The van der Waals surface area contributed by atoms with Gasteiger partial charge >= 0.3 is 0 Å². The Morgan fingerprint density at radius 1 is 1.35 bits per heavy atom. The number of methoxy groups -OCH3 is 1. The maximum atomic E-state index is 10.3. The molecule has 1 saturated heterocycles. The van der Waals surface area contributed by atoms with Gasteiger partial charge in [0.1, 0.15) is 5.75 Å². The predicted octanol–water partition coefficient (Wildman–Crippen LogP) is 1.74. The summed E-state index contributed by atoms with van der Waals surface area (Å²) in [5, 5.41) is 13.6. The fourth-order valence-electron chi connectivity index (χ4n) is 2.33. The van der Waals surface area contributed by atoms with Crippen LogP contribution in [0.1, 0.15) is 24.8 Å². The van der Waals surface area contributed by atoms with Gasteiger partial charge in [-0.2, -0.15) is 0 Å². The second-order valence-electron chi connectivity index (χ2n) is 4.85. The van der Waals surface area contributed by atoms with E-state index in [1.807, 2.05) is 12.1 Å². The third-order valence-electron chi connectivity index (χ3n) is 3.49. The second kappa shape index (κ2) is 5.52. The molecule has 0 aromatic heterocycles. The molecule has 0 saturated carbocycles. The molecule has 0 bridgehead atoms. The Kier molecular flexibility index (Phi) is 4.02. The summed E-state index contributed by atoms with van der Waals surface area (Å²) in [5.41, 5.74) is 0.739. The summed E-state index contributed by atoms with van der Waals surface area (Å²) in [6.45, 7) is 1.76. The molecule has 0 amide bonds. The molecule has 1 aliphatic rings. The molecule has 2 N–H and O–H groups in total. The zero-order chi connectivity index (χ0) is 12.1. The van der Waals surface area contributed by atoms with Crippen LogP contribution in [0.15, 0.2) is 24.3 Å². The van der Waals surface area contributed by atoms with Gasteiger partial charge in [-0.1, -0.05) is 12.1 Å². The number of rotatable bonds is 4. The largest absolute Gasteiger partial charge is 0.497 e. The molecule has 1 aliphatic heterocycles. The molecule has 17 heavy (non-hydrogen) atoms. The quantitative estimate of drug-likeness (QED) is 0.835. The van der Waals surface area contributed by atoms with Crippen molar-refractivity contribution >= 4 is 0 Å². The van der Waals surface area contributed by atoms with Crippen LogP contribution in [-0.2, 0) is 6.42 Å². The van der Waals surface area contributed by atoms with Crippen LogP contribution in [0.25, 0.3) is 0 Å². The van der Waals surface area contributed by atoms with Crippen LogP contribution >= 0.6 is 0 Å². The van der Waals surface area contributed by atoms with Crippen molar-refractivity contribution < 1.29 is 9.84 Å². The van der Waals surface area contributed by atoms with Crippen LogP contribution in [0, 0.1) is 0 Å². The monoisotopic (exact) mass is 235 g/mol. The lowest BCUT2D eigenvalue weighted by molar-refractivity contribution is 0.00888. The molecule has 0 aliphatic carbocycles. The molecule has 1 atom stereocenters. The first-order valence-electron chi connectivity index (χ1n) is 6.28. The van der Waals surface area contributed by atoms with Crippen LogP contribution < -0.4 is 10.1 Å². The van der Waals surface area contributed by atoms with E-state index >= 15 is 0 Å². The summed E-state index contributed by atoms with van der Waals surface area (Å²) >= 11 is 0. The zero-order valence-electron chi connectivity index (χ0n) is 10.4. The van der Waals surface area contributed by atoms with Gasteiger partial charge in [-0.25, -0.2) is 0 Å². The highest BCUT2D eigenvalue weighted by molar-refractivity contribution is 5.27. The van der Waals surface area contributed by atoms with Crippen molar-refractivity contribution in [2.75, 3.05) is 20.2 Å². The van der Waals surface area contributed by atoms with Crippen molar-refractivity contribution in [1.82, 2.24) is 5.32 Å². The number of aryl methyl sites for hydroxylation is 1. The van der Waals surface area contributed by atoms with Gasteiger partial charge in [-0.3, -0.25) is 0 Å². The van der Waals surface area contributed by atoms with Gasteiger partial charge in [-0.05, 0) is 49.9 Å². The van der Waals surface area contributed by atoms with Gasteiger partial charge in [-0.15, -0.1) is 0 Å². The Hall–Kier alpha value is -1.06. The Morgan fingerprint density at radius 3 is 2.71 bits per heavy atom. The number of piperidine rings is 1. The first-order valence-corrected chi connectivity index (χ1v) is 6.28. The average Bonchev–Trinajstić information content (AvgIpc) is 2.38. The van der Waals surface area contributed by atoms with Gasteiger partial charge in [0, 0.05) is 6.54 Å². The summed E-state index contributed by atoms with van der Waals surface area (Å²) in [7, 11) is 1.67. The maximum Gasteiger partial charge on any atom is 0.118 e. The van der Waals surface area contributed by atoms with E-state index in [1.54, 1.807) is 7.11 Å². The summed E-state index contributed by atoms with van der Waals surface area (Å²) in [4.78, 5) is 0. The maximum absolute atomic E-state index is 10.3. The minimum atomic E-state index is -0.516. The summed E-state index contributed by atoms with van der Waals surface area (Å²) in [6.07, 6.45) is 3.73. The second-order valence-corrected chi connectivity index (χ2v) is 4.85. The molecule has 1 aromatic rings. The van der Waals surface area contributed by atoms with Gasteiger partial charge in [0.25, 0.3) is 0 Å². The van der Waals surface area contributed by atoms with E-state index in [-0.39, 0.29) is 0 Å². The Bertz CT molecular complexity index is 342. The van der Waals surface area contributed by atoms with Crippen LogP contribution in [0.5, 0.6) is 5.75 Å². The van der Waals surface area contributed by atoms with E-state index < -0.39 is 5.60 Å². The fourth-order valence-corrected chi connectivity index (χ4v) is 2.33. The highest BCUT2D eigenvalue weighted by Crippen LogP contribution is 2.22. The third-order valence-corrected chi connectivity index (χ3v) is 3.49. The van der Waals surface area contributed by atoms with Crippen LogP contribution in [0.2, 0.25) is 0 Å². The first-order chi connectivity index (χ1) is 8.22. The van der Waals surface area contributed by atoms with Gasteiger partial charge < -0.3 is 15.2 Å². The smallest absolute Gasteiger partial charge is 0.118 e. The van der Waals surface area contributed by atoms with E-state index in [0.717, 1.165) is 44.5 Å². The lowest BCUT2D eigenvalue weighted by atomic mass is 9.88. The lowest BCUT2D eigenvalue weighted by Gasteiger charge is -2.32. The molecule has 2 rings (SSSR count). The number of aliphatic hydroxyl groups is 1. The van der Waals surface area contributed by atoms with E-state index in [1.165, 1.54) is 5.56 Å². The highest BCUT2D eigenvalue weighted by atomic mass is 16.5. The van der Waals surface area contributed by atoms with Crippen LogP contribution in [0.3, 0.4) is 0 Å². The fraction of sp³-hybridized carbons (Fsp3) is 0.571. The first kappa shape index (κ1) is 12.4. The van der Waals surface area contributed by atoms with Crippen molar-refractivity contribution in [3.8, 4) is 5.75 Å². The standard InChI is InChI=1S/C14H21NO2/c1-17-13-5-3-12(4-6-13)7-9-14(16)8-2-10-15-11-14/h3-6,15-16H,2,7-11H2,1H3. The number of ether oxygens (including phenoxy) is 1. The molecule has 0 radical (unpaired) electrons. The topological polar surface area (TPSA) is 41.5 Å². The number of hydrogen-bond donors (Lipinski definition) is 2. The molecule has 3 heteroatoms. The molecule has 3 nitrogen and oxygen atoms in total. The number of nitrogens with one attached hydrogen (secondary N) is 1. The Morgan fingerprint density at radius 2 is 2.12 bits per heavy atom. The number of benzene rings is 1. The van der Waals surface area contributed by atoms with Crippen molar-refractivity contribution in [3.05, 3.63) is 29.8 Å². The van der Waals surface area contributed by atoms with Crippen molar-refractivity contribution in [3.63, 3.8) is 0 Å². The normalized spacial score (nSPS) is 24.6. The molecular formula is C14H21NO2. The molecule has 1 heterocycles. The minimum absolute atomic E-state index is 0.516. The molecule has 1 fully saturated rings. The molecule has 1 aromatic carbocycles. The van der Waals surface area contributed by atoms with Gasteiger partial charge in [0.2, 0.25) is 0 Å². The minimum Gasteiger partial charge on any atom is -0.497 e. The van der Waals surface area contributed by atoms with Crippen LogP contribution in [0.4, 0.5) is 0 Å². The molecule has 1 unspecified atom stereocenters. The number of hydrogen-bond acceptors (Lipinski definition) is 3. The van der Waals surface area contributed by atoms with Gasteiger partial charge in [0.15, 0.2) is 0 Å². The predicted molar refractivity (Wildman–Crippen MR) is 68.4 cm³/mol. The van der Waals surface area contributed by atoms with Crippen LogP contribution in [-0.4, -0.2) is 30.9 Å². The Labute approximate surface area is 103 Å².